The van der Waals surface area contributed by atoms with Crippen molar-refractivity contribution in [3.8, 4) is 0 Å². The van der Waals surface area contributed by atoms with Crippen molar-refractivity contribution in [1.82, 2.24) is 0 Å². The number of carbonyl (C=O) groups excluding carboxylic acids is 1. The Labute approximate surface area is 76.2 Å². The van der Waals surface area contributed by atoms with Crippen LogP contribution in [0.2, 0.25) is 0 Å². The maximum Gasteiger partial charge on any atom is 0.158 e. The molecule has 0 fully saturated rings. The molecule has 0 saturated carbocycles. The predicted molar refractivity (Wildman–Crippen MR) is 55.9 cm³/mol. The van der Waals surface area contributed by atoms with E-state index in [0.717, 1.165) is 0 Å². The Balaban J connectivity index is 2.72. The van der Waals surface area contributed by atoms with Crippen molar-refractivity contribution in [2.45, 2.75) is 6.92 Å². The second-order valence-corrected chi connectivity index (χ2v) is 4.62. The molecule has 0 N–H and O–H groups in total. The molecule has 0 amide bonds. The second kappa shape index (κ2) is 4.38. The summed E-state index contributed by atoms with van der Waals surface area (Å²) < 4.78 is 3.09. The van der Waals surface area contributed by atoms with Gasteiger partial charge in [-0.1, -0.05) is 38.9 Å². The fourth-order valence-electron chi connectivity index (χ4n) is 0.627. The fraction of sp³-hybridized carbons (Fsp3) is 0.111. The van der Waals surface area contributed by atoms with Gasteiger partial charge in [-0.25, -0.2) is 0 Å². The van der Waals surface area contributed by atoms with Crippen LogP contribution in [0.4, 0.5) is 0 Å². The summed E-state index contributed by atoms with van der Waals surface area (Å²) in [7, 11) is 0. The van der Waals surface area contributed by atoms with Gasteiger partial charge in [0, 0.05) is 7.58 Å². The number of benzene rings is 1. The van der Waals surface area contributed by atoms with Gasteiger partial charge in [0.1, 0.15) is 0 Å². The largest absolute Gasteiger partial charge is 0.295 e. The van der Waals surface area contributed by atoms with Gasteiger partial charge in [-0.2, -0.15) is 0 Å². The lowest BCUT2D eigenvalue weighted by Gasteiger charge is -1.87. The summed E-state index contributed by atoms with van der Waals surface area (Å²) in [5, 5.41) is 0. The maximum atomic E-state index is 10.6. The smallest absolute Gasteiger partial charge is 0.158 e. The minimum Gasteiger partial charge on any atom is -0.295 e. The normalized spacial score (nSPS) is 11.0. The van der Waals surface area contributed by atoms with Crippen LogP contribution < -0.4 is 0 Å². The van der Waals surface area contributed by atoms with Crippen LogP contribution in [-0.2, 0) is 4.79 Å². The average Bonchev–Trinajstić information content (AvgIpc) is 2.03. The zero-order chi connectivity index (χ0) is 8.10. The molecular formula is C9H9IO. The van der Waals surface area contributed by atoms with E-state index in [2.05, 4.69) is 12.1 Å². The Morgan fingerprint density at radius 2 is 2.00 bits per heavy atom. The molecule has 0 aliphatic heterocycles. The molecular weight excluding hydrogens is 251 g/mol. The van der Waals surface area contributed by atoms with Crippen LogP contribution in [-0.4, -0.2) is 9.79 Å². The highest BCUT2D eigenvalue weighted by Gasteiger charge is 1.84. The number of rotatable bonds is 2. The lowest BCUT2D eigenvalue weighted by Crippen LogP contribution is -1.85. The number of hydrogen-bond acceptors (Lipinski definition) is 1. The van der Waals surface area contributed by atoms with E-state index in [1.165, 1.54) is 3.57 Å². The zero-order valence-electron chi connectivity index (χ0n) is 6.25. The third-order valence-corrected chi connectivity index (χ3v) is 3.69. The topological polar surface area (TPSA) is 17.1 Å². The van der Waals surface area contributed by atoms with E-state index in [4.69, 9.17) is 0 Å². The first-order valence-electron chi connectivity index (χ1n) is 3.31. The number of Topliss-reactive ketones (excluding diaryl/α,β-unsaturated/α-hetero) is 1. The van der Waals surface area contributed by atoms with Gasteiger partial charge < -0.3 is 0 Å². The minimum absolute atomic E-state index is 0.182. The Morgan fingerprint density at radius 3 is 2.55 bits per heavy atom. The third-order valence-electron chi connectivity index (χ3n) is 1.07. The van der Waals surface area contributed by atoms with Crippen LogP contribution in [0.25, 0.3) is 0 Å². The van der Waals surface area contributed by atoms with Gasteiger partial charge in [0.25, 0.3) is 0 Å². The Morgan fingerprint density at radius 1 is 1.36 bits per heavy atom. The summed E-state index contributed by atoms with van der Waals surface area (Å²) in [6, 6.07) is 10.1. The van der Waals surface area contributed by atoms with E-state index in [1.807, 2.05) is 18.2 Å². The fourth-order valence-corrected chi connectivity index (χ4v) is 2.26. The molecule has 0 bridgehead atoms. The summed E-state index contributed by atoms with van der Waals surface area (Å²) >= 11 is -0.188. The van der Waals surface area contributed by atoms with Crippen molar-refractivity contribution in [2.24, 2.45) is 0 Å². The molecule has 58 valence electrons. The lowest BCUT2D eigenvalue weighted by molar-refractivity contribution is -0.110. The van der Waals surface area contributed by atoms with Gasteiger partial charge >= 0.3 is 0 Å². The monoisotopic (exact) mass is 260 g/mol. The average molecular weight is 260 g/mol. The summed E-state index contributed by atoms with van der Waals surface area (Å²) in [5.41, 5.74) is 0. The van der Waals surface area contributed by atoms with Crippen molar-refractivity contribution in [3.63, 3.8) is 0 Å². The van der Waals surface area contributed by atoms with E-state index < -0.39 is 0 Å². The van der Waals surface area contributed by atoms with Crippen molar-refractivity contribution in [2.75, 3.05) is 0 Å². The highest BCUT2D eigenvalue weighted by Crippen LogP contribution is 2.08. The van der Waals surface area contributed by atoms with Crippen LogP contribution in [0.1, 0.15) is 6.92 Å². The van der Waals surface area contributed by atoms with E-state index >= 15 is 0 Å². The molecule has 0 unspecified atom stereocenters. The Hall–Kier alpha value is -0.510. The quantitative estimate of drug-likeness (QED) is 0.745. The molecule has 1 aromatic carbocycles. The molecule has 0 saturated heterocycles. The summed E-state index contributed by atoms with van der Waals surface area (Å²) in [6.07, 6.45) is 0. The SMILES string of the molecule is CC(=O)C=Ic1ccccc1. The van der Waals surface area contributed by atoms with E-state index in [0.29, 0.717) is 0 Å². The van der Waals surface area contributed by atoms with E-state index in [1.54, 1.807) is 10.9 Å². The van der Waals surface area contributed by atoms with Crippen molar-refractivity contribution >= 4 is 30.5 Å². The molecule has 0 heterocycles. The molecule has 1 aromatic rings. The van der Waals surface area contributed by atoms with Crippen LogP contribution in [0.15, 0.2) is 30.3 Å². The Kier molecular flexibility index (Phi) is 3.42. The van der Waals surface area contributed by atoms with Gasteiger partial charge in [-0.15, -0.1) is 0 Å². The molecule has 1 rings (SSSR count). The molecule has 0 spiro atoms. The van der Waals surface area contributed by atoms with Crippen LogP contribution in [0.5, 0.6) is 0 Å². The first-order chi connectivity index (χ1) is 5.29. The molecule has 0 aliphatic rings. The maximum absolute atomic E-state index is 10.6. The zero-order valence-corrected chi connectivity index (χ0v) is 8.41. The molecule has 0 aliphatic carbocycles. The standard InChI is InChI=1S/C9H9IO/c1-8(11)7-10-9-5-3-2-4-6-9/h2-7H,1H3. The molecule has 1 nitrogen and oxygen atoms in total. The van der Waals surface area contributed by atoms with Gasteiger partial charge in [-0.3, -0.25) is 4.79 Å². The first-order valence-corrected chi connectivity index (χ1v) is 5.64. The van der Waals surface area contributed by atoms with Gasteiger partial charge in [-0.05, 0) is 19.1 Å². The summed E-state index contributed by atoms with van der Waals surface area (Å²) in [4.78, 5) is 10.6. The first kappa shape index (κ1) is 8.59. The summed E-state index contributed by atoms with van der Waals surface area (Å²) in [5.74, 6) is 0.182. The molecule has 0 radical (unpaired) electrons. The number of halogens is 1. The van der Waals surface area contributed by atoms with Crippen LogP contribution in [0, 0.1) is 3.57 Å². The van der Waals surface area contributed by atoms with Crippen molar-refractivity contribution in [3.05, 3.63) is 33.9 Å². The highest BCUT2D eigenvalue weighted by molar-refractivity contribution is 14.2. The van der Waals surface area contributed by atoms with Crippen molar-refractivity contribution in [1.29, 1.82) is 0 Å². The predicted octanol–water partition coefficient (Wildman–Crippen LogP) is 2.22. The number of ketones is 1. The molecule has 11 heavy (non-hydrogen) atoms. The van der Waals surface area contributed by atoms with Crippen molar-refractivity contribution < 1.29 is 4.79 Å². The van der Waals surface area contributed by atoms with E-state index in [-0.39, 0.29) is 26.5 Å². The second-order valence-electron chi connectivity index (χ2n) is 2.12. The summed E-state index contributed by atoms with van der Waals surface area (Å²) in [6.45, 7) is 1.60. The van der Waals surface area contributed by atoms with Gasteiger partial charge in [0.15, 0.2) is 5.78 Å². The van der Waals surface area contributed by atoms with Gasteiger partial charge in [0.2, 0.25) is 0 Å². The number of carbonyl (C=O) groups is 1. The minimum atomic E-state index is -0.188. The highest BCUT2D eigenvalue weighted by atomic mass is 127. The number of hydrogen-bond donors (Lipinski definition) is 0. The van der Waals surface area contributed by atoms with E-state index in [9.17, 15) is 4.79 Å². The van der Waals surface area contributed by atoms with Crippen LogP contribution in [0.3, 0.4) is 0 Å². The lowest BCUT2D eigenvalue weighted by atomic mass is 10.4. The molecule has 0 aromatic heterocycles. The van der Waals surface area contributed by atoms with Crippen LogP contribution >= 0.6 is 20.7 Å². The molecule has 2 heteroatoms. The third kappa shape index (κ3) is 3.41. The van der Waals surface area contributed by atoms with Gasteiger partial charge in [0.05, 0.1) is 0 Å². The molecule has 0 atom stereocenters. The Bertz CT molecular complexity index is 264.